The topological polar surface area (TPSA) is 114 Å². The summed E-state index contributed by atoms with van der Waals surface area (Å²) in [5.41, 5.74) is 4.49. The van der Waals surface area contributed by atoms with Gasteiger partial charge in [0.25, 0.3) is 0 Å². The molecule has 3 N–H and O–H groups in total. The summed E-state index contributed by atoms with van der Waals surface area (Å²) in [6, 6.07) is 14.7. The Kier molecular flexibility index (Phi) is 6.93. The highest BCUT2D eigenvalue weighted by Gasteiger charge is 2.36. The molecule has 1 heterocycles. The Balaban J connectivity index is 1.38. The lowest BCUT2D eigenvalue weighted by molar-refractivity contribution is -0.148. The van der Waals surface area contributed by atoms with Gasteiger partial charge in [0.2, 0.25) is 5.91 Å². The van der Waals surface area contributed by atoms with Crippen LogP contribution in [0.5, 0.6) is 0 Å². The average Bonchev–Trinajstić information content (AvgIpc) is 3.40. The number of carboxylic acid groups (broad SMARTS) is 1. The van der Waals surface area contributed by atoms with Crippen LogP contribution in [0.2, 0.25) is 0 Å². The van der Waals surface area contributed by atoms with Crippen molar-refractivity contribution in [2.45, 2.75) is 50.3 Å². The van der Waals surface area contributed by atoms with Gasteiger partial charge in [0.1, 0.15) is 12.6 Å². The van der Waals surface area contributed by atoms with Crippen LogP contribution in [-0.2, 0) is 19.1 Å². The summed E-state index contributed by atoms with van der Waals surface area (Å²) in [5, 5.41) is 14.6. The van der Waals surface area contributed by atoms with Gasteiger partial charge in [0.15, 0.2) is 6.10 Å². The van der Waals surface area contributed by atoms with Crippen molar-refractivity contribution in [3.05, 3.63) is 59.7 Å². The second-order valence-electron chi connectivity index (χ2n) is 8.34. The first-order chi connectivity index (χ1) is 16.0. The van der Waals surface area contributed by atoms with Crippen LogP contribution >= 0.6 is 0 Å². The molecular formula is C25H28N2O6. The molecule has 33 heavy (non-hydrogen) atoms. The molecule has 0 radical (unpaired) electrons. The van der Waals surface area contributed by atoms with Gasteiger partial charge in [-0.15, -0.1) is 0 Å². The number of alkyl carbamates (subject to hydrolysis) is 1. The zero-order chi connectivity index (χ0) is 23.4. The predicted octanol–water partition coefficient (Wildman–Crippen LogP) is 3.05. The maximum atomic E-state index is 12.8. The van der Waals surface area contributed by atoms with Gasteiger partial charge in [-0.05, 0) is 35.1 Å². The van der Waals surface area contributed by atoms with Crippen molar-refractivity contribution in [1.29, 1.82) is 0 Å². The van der Waals surface area contributed by atoms with E-state index in [2.05, 4.69) is 22.8 Å². The molecular weight excluding hydrogens is 424 g/mol. The first kappa shape index (κ1) is 22.8. The number of carbonyl (C=O) groups is 3. The monoisotopic (exact) mass is 452 g/mol. The zero-order valence-electron chi connectivity index (χ0n) is 18.5. The minimum absolute atomic E-state index is 0.0754. The fourth-order valence-corrected chi connectivity index (χ4v) is 4.60. The Morgan fingerprint density at radius 1 is 1.09 bits per heavy atom. The van der Waals surface area contributed by atoms with Gasteiger partial charge in [-0.25, -0.2) is 9.59 Å². The molecule has 8 nitrogen and oxygen atoms in total. The molecule has 0 saturated carbocycles. The van der Waals surface area contributed by atoms with Crippen LogP contribution in [-0.4, -0.2) is 54.5 Å². The summed E-state index contributed by atoms with van der Waals surface area (Å²) in [5.74, 6) is -1.63. The quantitative estimate of drug-likeness (QED) is 0.567. The van der Waals surface area contributed by atoms with E-state index in [9.17, 15) is 19.5 Å². The van der Waals surface area contributed by atoms with Gasteiger partial charge >= 0.3 is 12.1 Å². The molecule has 0 bridgehead atoms. The second kappa shape index (κ2) is 10.0. The highest BCUT2D eigenvalue weighted by Crippen LogP contribution is 2.44. The van der Waals surface area contributed by atoms with Crippen molar-refractivity contribution >= 4 is 18.0 Å². The first-order valence-electron chi connectivity index (χ1n) is 11.3. The van der Waals surface area contributed by atoms with Gasteiger partial charge < -0.3 is 25.2 Å². The number of nitrogens with one attached hydrogen (secondary N) is 2. The van der Waals surface area contributed by atoms with Crippen molar-refractivity contribution in [1.82, 2.24) is 10.6 Å². The van der Waals surface area contributed by atoms with Crippen molar-refractivity contribution in [2.24, 2.45) is 0 Å². The molecule has 2 aromatic rings. The Morgan fingerprint density at radius 3 is 2.33 bits per heavy atom. The lowest BCUT2D eigenvalue weighted by Gasteiger charge is -2.22. The second-order valence-corrected chi connectivity index (χ2v) is 8.34. The fraction of sp³-hybridized carbons (Fsp3) is 0.400. The van der Waals surface area contributed by atoms with Crippen LogP contribution in [0.3, 0.4) is 0 Å². The number of ether oxygens (including phenoxy) is 2. The molecule has 4 rings (SSSR count). The standard InChI is InChI=1S/C25H28N2O6/c1-2-7-21(23(28)26-20-12-13-32-22(20)24(29)30)27-25(31)33-14-19-17-10-5-3-8-15(17)16-9-4-6-11-18(16)19/h3-6,8-11,19-22H,2,7,12-14H2,1H3,(H,26,28)(H,27,31)(H,29,30)/t20?,21-,22?/m1/s1. The summed E-state index contributed by atoms with van der Waals surface area (Å²) in [7, 11) is 0. The Bertz CT molecular complexity index is 994. The van der Waals surface area contributed by atoms with E-state index in [-0.39, 0.29) is 19.1 Å². The lowest BCUT2D eigenvalue weighted by atomic mass is 9.98. The van der Waals surface area contributed by atoms with Crippen molar-refractivity contribution in [3.8, 4) is 11.1 Å². The average molecular weight is 453 g/mol. The van der Waals surface area contributed by atoms with E-state index in [1.807, 2.05) is 43.3 Å². The molecule has 174 valence electrons. The van der Waals surface area contributed by atoms with Crippen LogP contribution < -0.4 is 10.6 Å². The summed E-state index contributed by atoms with van der Waals surface area (Å²) in [6.07, 6.45) is -0.285. The molecule has 2 amide bonds. The van der Waals surface area contributed by atoms with Gasteiger partial charge in [-0.1, -0.05) is 61.9 Å². The van der Waals surface area contributed by atoms with E-state index in [1.54, 1.807) is 0 Å². The normalized spacial score (nSPS) is 19.9. The Hall–Kier alpha value is -3.39. The highest BCUT2D eigenvalue weighted by molar-refractivity contribution is 5.87. The van der Waals surface area contributed by atoms with Gasteiger partial charge in [-0.2, -0.15) is 0 Å². The SMILES string of the molecule is CCC[C@@H](NC(=O)OCC1c2ccccc2-c2ccccc21)C(=O)NC1CCOC1C(=O)O. The summed E-state index contributed by atoms with van der Waals surface area (Å²) in [6.45, 7) is 2.32. The fourth-order valence-electron chi connectivity index (χ4n) is 4.60. The van der Waals surface area contributed by atoms with Crippen LogP contribution in [0.15, 0.2) is 48.5 Å². The van der Waals surface area contributed by atoms with E-state index in [0.717, 1.165) is 22.3 Å². The number of carbonyl (C=O) groups excluding carboxylic acids is 2. The third-order valence-corrected chi connectivity index (χ3v) is 6.19. The number of hydrogen-bond acceptors (Lipinski definition) is 5. The molecule has 0 spiro atoms. The van der Waals surface area contributed by atoms with Gasteiger partial charge in [0.05, 0.1) is 6.04 Å². The van der Waals surface area contributed by atoms with Crippen LogP contribution in [0, 0.1) is 0 Å². The molecule has 1 fully saturated rings. The predicted molar refractivity (Wildman–Crippen MR) is 121 cm³/mol. The summed E-state index contributed by atoms with van der Waals surface area (Å²) in [4.78, 5) is 36.6. The summed E-state index contributed by atoms with van der Waals surface area (Å²) < 4.78 is 10.7. The lowest BCUT2D eigenvalue weighted by Crippen LogP contribution is -2.52. The van der Waals surface area contributed by atoms with Gasteiger partial charge in [-0.3, -0.25) is 4.79 Å². The number of aliphatic carboxylic acids is 1. The van der Waals surface area contributed by atoms with Crippen molar-refractivity contribution in [2.75, 3.05) is 13.2 Å². The first-order valence-corrected chi connectivity index (χ1v) is 11.3. The van der Waals surface area contributed by atoms with Crippen molar-refractivity contribution < 1.29 is 29.0 Å². The van der Waals surface area contributed by atoms with Crippen molar-refractivity contribution in [3.63, 3.8) is 0 Å². The third-order valence-electron chi connectivity index (χ3n) is 6.19. The number of amides is 2. The van der Waals surface area contributed by atoms with E-state index in [0.29, 0.717) is 19.3 Å². The molecule has 1 aliphatic heterocycles. The van der Waals surface area contributed by atoms with Gasteiger partial charge in [0, 0.05) is 12.5 Å². The molecule has 3 atom stereocenters. The molecule has 8 heteroatoms. The van der Waals surface area contributed by atoms with Crippen LogP contribution in [0.25, 0.3) is 11.1 Å². The minimum atomic E-state index is -1.12. The Morgan fingerprint density at radius 2 is 1.73 bits per heavy atom. The van der Waals surface area contributed by atoms with E-state index in [1.165, 1.54) is 0 Å². The minimum Gasteiger partial charge on any atom is -0.479 e. The molecule has 2 aliphatic rings. The van der Waals surface area contributed by atoms with E-state index in [4.69, 9.17) is 9.47 Å². The molecule has 1 aliphatic carbocycles. The smallest absolute Gasteiger partial charge is 0.407 e. The molecule has 2 aromatic carbocycles. The number of benzene rings is 2. The molecule has 2 unspecified atom stereocenters. The largest absolute Gasteiger partial charge is 0.479 e. The molecule has 1 saturated heterocycles. The maximum absolute atomic E-state index is 12.8. The Labute approximate surface area is 192 Å². The highest BCUT2D eigenvalue weighted by atomic mass is 16.5. The number of carboxylic acids is 1. The third kappa shape index (κ3) is 4.85. The number of rotatable bonds is 8. The van der Waals surface area contributed by atoms with Crippen LogP contribution in [0.4, 0.5) is 4.79 Å². The zero-order valence-corrected chi connectivity index (χ0v) is 18.5. The number of fused-ring (bicyclic) bond motifs is 3. The van der Waals surface area contributed by atoms with E-state index < -0.39 is 36.2 Å². The number of hydrogen-bond donors (Lipinski definition) is 3. The summed E-state index contributed by atoms with van der Waals surface area (Å²) >= 11 is 0. The maximum Gasteiger partial charge on any atom is 0.407 e. The molecule has 0 aromatic heterocycles. The van der Waals surface area contributed by atoms with Crippen LogP contribution in [0.1, 0.15) is 43.2 Å². The van der Waals surface area contributed by atoms with E-state index >= 15 is 0 Å².